The number of halogens is 1. The van der Waals surface area contributed by atoms with Crippen LogP contribution in [0.4, 0.5) is 10.1 Å². The Morgan fingerprint density at radius 3 is 2.46 bits per heavy atom. The number of hydrogen-bond donors (Lipinski definition) is 1. The lowest BCUT2D eigenvalue weighted by Gasteiger charge is -2.17. The zero-order valence-corrected chi connectivity index (χ0v) is 14.1. The third-order valence-electron chi connectivity index (χ3n) is 4.42. The van der Waals surface area contributed by atoms with Gasteiger partial charge in [0, 0.05) is 36.1 Å². The largest absolute Gasteiger partial charge is 0.346 e. The van der Waals surface area contributed by atoms with Crippen molar-refractivity contribution in [3.63, 3.8) is 0 Å². The third-order valence-corrected chi connectivity index (χ3v) is 4.42. The van der Waals surface area contributed by atoms with Crippen LogP contribution in [-0.2, 0) is 0 Å². The van der Waals surface area contributed by atoms with E-state index >= 15 is 0 Å². The van der Waals surface area contributed by atoms with Gasteiger partial charge in [-0.1, -0.05) is 12.1 Å². The maximum Gasteiger partial charge on any atom is 0.258 e. The minimum atomic E-state index is -0.327. The average molecular weight is 345 g/mol. The van der Waals surface area contributed by atoms with Crippen molar-refractivity contribution < 1.29 is 9.18 Å². The number of rotatable bonds is 3. The van der Waals surface area contributed by atoms with Gasteiger partial charge in [0.2, 0.25) is 0 Å². The molecule has 0 unspecified atom stereocenters. The van der Waals surface area contributed by atoms with E-state index in [1.807, 2.05) is 30.5 Å². The highest BCUT2D eigenvalue weighted by Gasteiger charge is 2.14. The number of aromatic nitrogens is 2. The smallest absolute Gasteiger partial charge is 0.258 e. The Balaban J connectivity index is 1.62. The van der Waals surface area contributed by atoms with Crippen LogP contribution in [0.15, 0.2) is 73.1 Å². The summed E-state index contributed by atoms with van der Waals surface area (Å²) < 4.78 is 13.1. The molecule has 2 heterocycles. The molecule has 2 aromatic heterocycles. The fraction of sp³-hybridized carbons (Fsp3) is 0.0476. The van der Waals surface area contributed by atoms with Crippen LogP contribution in [0.25, 0.3) is 22.2 Å². The molecule has 0 bridgehead atoms. The SMILES string of the molecule is CN(C(=O)c1ccc(-c2ccnc3[nH]ccc23)cc1)c1ccc(F)cc1. The molecule has 0 aliphatic heterocycles. The number of hydrogen-bond acceptors (Lipinski definition) is 2. The van der Waals surface area contributed by atoms with Crippen molar-refractivity contribution in [3.05, 3.63) is 84.4 Å². The van der Waals surface area contributed by atoms with E-state index < -0.39 is 0 Å². The van der Waals surface area contributed by atoms with Crippen LogP contribution < -0.4 is 4.90 Å². The number of carbonyl (C=O) groups excluding carboxylic acids is 1. The summed E-state index contributed by atoms with van der Waals surface area (Å²) in [6, 6.07) is 17.2. The zero-order valence-electron chi connectivity index (χ0n) is 14.1. The number of amides is 1. The fourth-order valence-electron chi connectivity index (χ4n) is 2.98. The molecule has 2 aromatic carbocycles. The minimum Gasteiger partial charge on any atom is -0.346 e. The first-order valence-electron chi connectivity index (χ1n) is 8.19. The fourth-order valence-corrected chi connectivity index (χ4v) is 2.98. The average Bonchev–Trinajstić information content (AvgIpc) is 3.16. The number of carbonyl (C=O) groups is 1. The number of benzene rings is 2. The summed E-state index contributed by atoms with van der Waals surface area (Å²) in [4.78, 5) is 21.6. The standard InChI is InChI=1S/C21H16FN3O/c1-25(17-8-6-16(22)7-9-17)21(26)15-4-2-14(3-5-15)18-10-12-23-20-19(18)11-13-24-20/h2-13H,1H3,(H,23,24). The summed E-state index contributed by atoms with van der Waals surface area (Å²) in [6.07, 6.45) is 3.62. The van der Waals surface area contributed by atoms with Gasteiger partial charge in [-0.2, -0.15) is 0 Å². The lowest BCUT2D eigenvalue weighted by Crippen LogP contribution is -2.26. The molecule has 0 fully saturated rings. The lowest BCUT2D eigenvalue weighted by molar-refractivity contribution is 0.0993. The van der Waals surface area contributed by atoms with Crippen molar-refractivity contribution in [1.29, 1.82) is 0 Å². The van der Waals surface area contributed by atoms with Crippen LogP contribution >= 0.6 is 0 Å². The molecule has 1 amide bonds. The predicted octanol–water partition coefficient (Wildman–Crippen LogP) is 4.65. The van der Waals surface area contributed by atoms with Gasteiger partial charge >= 0.3 is 0 Å². The van der Waals surface area contributed by atoms with Gasteiger partial charge < -0.3 is 9.88 Å². The highest BCUT2D eigenvalue weighted by Crippen LogP contribution is 2.27. The van der Waals surface area contributed by atoms with Crippen LogP contribution in [0.5, 0.6) is 0 Å². The Labute approximate surface area is 149 Å². The van der Waals surface area contributed by atoms with E-state index in [0.29, 0.717) is 11.3 Å². The molecular weight excluding hydrogens is 329 g/mol. The molecule has 5 heteroatoms. The predicted molar refractivity (Wildman–Crippen MR) is 101 cm³/mol. The number of nitrogens with zero attached hydrogens (tertiary/aromatic N) is 2. The second-order valence-corrected chi connectivity index (χ2v) is 6.02. The first kappa shape index (κ1) is 16.0. The van der Waals surface area contributed by atoms with E-state index in [-0.39, 0.29) is 11.7 Å². The lowest BCUT2D eigenvalue weighted by atomic mass is 10.0. The van der Waals surface area contributed by atoms with E-state index in [2.05, 4.69) is 9.97 Å². The summed E-state index contributed by atoms with van der Waals surface area (Å²) in [7, 11) is 1.68. The number of H-pyrrole nitrogens is 1. The Kier molecular flexibility index (Phi) is 3.97. The molecule has 0 saturated carbocycles. The van der Waals surface area contributed by atoms with Gasteiger partial charge in [-0.3, -0.25) is 4.79 Å². The maximum absolute atomic E-state index is 13.1. The molecule has 0 aliphatic rings. The van der Waals surface area contributed by atoms with Crippen LogP contribution in [0.3, 0.4) is 0 Å². The molecule has 26 heavy (non-hydrogen) atoms. The van der Waals surface area contributed by atoms with E-state index in [4.69, 9.17) is 0 Å². The van der Waals surface area contributed by atoms with E-state index in [1.54, 1.807) is 37.5 Å². The molecule has 1 N–H and O–H groups in total. The summed E-state index contributed by atoms with van der Waals surface area (Å²) in [5.74, 6) is -0.475. The Morgan fingerprint density at radius 2 is 1.73 bits per heavy atom. The first-order chi connectivity index (χ1) is 12.6. The number of aromatic amines is 1. The van der Waals surface area contributed by atoms with Crippen LogP contribution in [0.2, 0.25) is 0 Å². The van der Waals surface area contributed by atoms with Crippen LogP contribution in [0, 0.1) is 5.82 Å². The van der Waals surface area contributed by atoms with Crippen molar-refractivity contribution in [2.45, 2.75) is 0 Å². The molecule has 4 rings (SSSR count). The van der Waals surface area contributed by atoms with Gasteiger partial charge in [0.25, 0.3) is 5.91 Å². The van der Waals surface area contributed by atoms with Crippen molar-refractivity contribution in [2.24, 2.45) is 0 Å². The molecular formula is C21H16FN3O. The number of pyridine rings is 1. The molecule has 4 aromatic rings. The molecule has 0 spiro atoms. The molecule has 4 nitrogen and oxygen atoms in total. The topological polar surface area (TPSA) is 49.0 Å². The first-order valence-corrected chi connectivity index (χ1v) is 8.19. The monoisotopic (exact) mass is 345 g/mol. The van der Waals surface area contributed by atoms with Gasteiger partial charge in [-0.05, 0) is 59.7 Å². The van der Waals surface area contributed by atoms with Crippen molar-refractivity contribution in [2.75, 3.05) is 11.9 Å². The van der Waals surface area contributed by atoms with E-state index in [9.17, 15) is 9.18 Å². The highest BCUT2D eigenvalue weighted by atomic mass is 19.1. The Morgan fingerprint density at radius 1 is 1.00 bits per heavy atom. The second-order valence-electron chi connectivity index (χ2n) is 6.02. The minimum absolute atomic E-state index is 0.148. The van der Waals surface area contributed by atoms with Crippen molar-refractivity contribution in [3.8, 4) is 11.1 Å². The summed E-state index contributed by atoms with van der Waals surface area (Å²) in [5, 5.41) is 1.04. The quantitative estimate of drug-likeness (QED) is 0.588. The summed E-state index contributed by atoms with van der Waals surface area (Å²) >= 11 is 0. The van der Waals surface area contributed by atoms with Crippen LogP contribution in [-0.4, -0.2) is 22.9 Å². The second kappa shape index (κ2) is 6.44. The van der Waals surface area contributed by atoms with Gasteiger partial charge in [-0.25, -0.2) is 9.37 Å². The molecule has 0 aliphatic carbocycles. The number of fused-ring (bicyclic) bond motifs is 1. The van der Waals surface area contributed by atoms with Gasteiger partial charge in [0.1, 0.15) is 11.5 Å². The van der Waals surface area contributed by atoms with Gasteiger partial charge in [-0.15, -0.1) is 0 Å². The summed E-state index contributed by atoms with van der Waals surface area (Å²) in [6.45, 7) is 0. The summed E-state index contributed by atoms with van der Waals surface area (Å²) in [5.41, 5.74) is 4.11. The van der Waals surface area contributed by atoms with Crippen LogP contribution in [0.1, 0.15) is 10.4 Å². The van der Waals surface area contributed by atoms with E-state index in [1.165, 1.54) is 17.0 Å². The molecule has 128 valence electrons. The van der Waals surface area contributed by atoms with Crippen molar-refractivity contribution >= 4 is 22.6 Å². The zero-order chi connectivity index (χ0) is 18.1. The molecule has 0 radical (unpaired) electrons. The Hall–Kier alpha value is -3.47. The number of nitrogens with one attached hydrogen (secondary N) is 1. The van der Waals surface area contributed by atoms with E-state index in [0.717, 1.165) is 22.2 Å². The maximum atomic E-state index is 13.1. The van der Waals surface area contributed by atoms with Gasteiger partial charge in [0.15, 0.2) is 0 Å². The normalized spacial score (nSPS) is 10.8. The highest BCUT2D eigenvalue weighted by molar-refractivity contribution is 6.06. The molecule has 0 atom stereocenters. The molecule has 0 saturated heterocycles. The Bertz CT molecular complexity index is 1070. The third kappa shape index (κ3) is 2.84. The number of anilines is 1. The van der Waals surface area contributed by atoms with Gasteiger partial charge in [0.05, 0.1) is 0 Å². The van der Waals surface area contributed by atoms with Crippen molar-refractivity contribution in [1.82, 2.24) is 9.97 Å².